The molecule has 0 radical (unpaired) electrons. The first-order valence-electron chi connectivity index (χ1n) is 5.92. The van der Waals surface area contributed by atoms with Crippen molar-refractivity contribution >= 4 is 23.2 Å². The number of aromatic nitrogens is 1. The molecular weight excluding hydrogens is 252 g/mol. The van der Waals surface area contributed by atoms with E-state index in [1.807, 2.05) is 5.38 Å². The van der Waals surface area contributed by atoms with Crippen LogP contribution in [0.3, 0.4) is 0 Å². The lowest BCUT2D eigenvalue weighted by Crippen LogP contribution is -2.31. The minimum atomic E-state index is -0.785. The van der Waals surface area contributed by atoms with Crippen molar-refractivity contribution in [2.45, 2.75) is 25.8 Å². The predicted octanol–water partition coefficient (Wildman–Crippen LogP) is 1.60. The van der Waals surface area contributed by atoms with Gasteiger partial charge in [-0.2, -0.15) is 0 Å². The molecule has 0 aromatic carbocycles. The van der Waals surface area contributed by atoms with Crippen LogP contribution in [0, 0.1) is 11.8 Å². The molecule has 1 saturated carbocycles. The van der Waals surface area contributed by atoms with E-state index in [-0.39, 0.29) is 17.7 Å². The molecule has 0 aliphatic heterocycles. The highest BCUT2D eigenvalue weighted by molar-refractivity contribution is 7.07. The topological polar surface area (TPSA) is 70.5 Å². The number of hydrogen-bond acceptors (Lipinski definition) is 4. The average Bonchev–Trinajstić information content (AvgIpc) is 2.98. The van der Waals surface area contributed by atoms with Gasteiger partial charge in [-0.05, 0) is 19.3 Å². The van der Waals surface area contributed by atoms with Crippen LogP contribution in [0.1, 0.15) is 25.0 Å². The maximum Gasteiger partial charge on any atom is 0.306 e. The smallest absolute Gasteiger partial charge is 0.306 e. The van der Waals surface area contributed by atoms with Crippen molar-refractivity contribution in [3.8, 4) is 0 Å². The number of carboxylic acids is 1. The third-order valence-electron chi connectivity index (χ3n) is 3.39. The van der Waals surface area contributed by atoms with Crippen LogP contribution in [0.2, 0.25) is 0 Å². The summed E-state index contributed by atoms with van der Waals surface area (Å²) in [4.78, 5) is 28.8. The van der Waals surface area contributed by atoms with E-state index in [2.05, 4.69) is 4.98 Å². The van der Waals surface area contributed by atoms with Crippen LogP contribution in [-0.2, 0) is 16.1 Å². The van der Waals surface area contributed by atoms with Crippen molar-refractivity contribution < 1.29 is 14.7 Å². The molecule has 2 rings (SSSR count). The zero-order valence-corrected chi connectivity index (χ0v) is 11.0. The van der Waals surface area contributed by atoms with Gasteiger partial charge in [-0.3, -0.25) is 9.59 Å². The second kappa shape index (κ2) is 5.48. The summed E-state index contributed by atoms with van der Waals surface area (Å²) in [6.45, 7) is 0.497. The molecule has 2 atom stereocenters. The Kier molecular flexibility index (Phi) is 3.96. The number of amides is 1. The number of hydrogen-bond donors (Lipinski definition) is 1. The van der Waals surface area contributed by atoms with Crippen molar-refractivity contribution in [3.63, 3.8) is 0 Å². The number of nitrogens with zero attached hydrogens (tertiary/aromatic N) is 2. The summed E-state index contributed by atoms with van der Waals surface area (Å²) in [7, 11) is 1.75. The Morgan fingerprint density at radius 3 is 2.78 bits per heavy atom. The second-order valence-electron chi connectivity index (χ2n) is 4.72. The summed E-state index contributed by atoms with van der Waals surface area (Å²) >= 11 is 1.50. The van der Waals surface area contributed by atoms with Gasteiger partial charge in [-0.15, -0.1) is 11.3 Å². The standard InChI is InChI=1S/C12H16N2O3S/c1-14(5-10-6-18-7-13-10)11(15)8-2-3-9(4-8)12(16)17/h6-9H,2-5H2,1H3,(H,16,17)/t8-,9+/m1/s1. The Labute approximate surface area is 109 Å². The molecule has 98 valence electrons. The number of thiazole rings is 1. The molecule has 1 amide bonds. The molecule has 1 aromatic heterocycles. The van der Waals surface area contributed by atoms with Gasteiger partial charge in [-0.25, -0.2) is 4.98 Å². The normalized spacial score (nSPS) is 22.9. The fourth-order valence-corrected chi connectivity index (χ4v) is 2.93. The lowest BCUT2D eigenvalue weighted by molar-refractivity contribution is -0.141. The van der Waals surface area contributed by atoms with Crippen molar-refractivity contribution in [1.29, 1.82) is 0 Å². The molecule has 0 bridgehead atoms. The molecule has 1 N–H and O–H groups in total. The minimum Gasteiger partial charge on any atom is -0.481 e. The first-order valence-corrected chi connectivity index (χ1v) is 6.87. The van der Waals surface area contributed by atoms with Crippen LogP contribution in [0.5, 0.6) is 0 Å². The molecule has 1 aliphatic carbocycles. The van der Waals surface area contributed by atoms with Gasteiger partial charge >= 0.3 is 5.97 Å². The Balaban J connectivity index is 1.90. The molecule has 0 saturated heterocycles. The lowest BCUT2D eigenvalue weighted by Gasteiger charge is -2.20. The van der Waals surface area contributed by atoms with Gasteiger partial charge in [0.05, 0.1) is 23.7 Å². The quantitative estimate of drug-likeness (QED) is 0.900. The predicted molar refractivity (Wildman–Crippen MR) is 67.1 cm³/mol. The third-order valence-corrected chi connectivity index (χ3v) is 4.03. The van der Waals surface area contributed by atoms with Crippen LogP contribution in [-0.4, -0.2) is 33.9 Å². The molecule has 1 heterocycles. The molecule has 0 spiro atoms. The van der Waals surface area contributed by atoms with Gasteiger partial charge in [-0.1, -0.05) is 0 Å². The average molecular weight is 268 g/mol. The highest BCUT2D eigenvalue weighted by Gasteiger charge is 2.35. The van der Waals surface area contributed by atoms with Gasteiger partial charge in [0.1, 0.15) is 0 Å². The molecule has 5 nitrogen and oxygen atoms in total. The highest BCUT2D eigenvalue weighted by atomic mass is 32.1. The molecular formula is C12H16N2O3S. The van der Waals surface area contributed by atoms with Crippen molar-refractivity contribution in [3.05, 3.63) is 16.6 Å². The van der Waals surface area contributed by atoms with E-state index in [0.29, 0.717) is 25.8 Å². The summed E-state index contributed by atoms with van der Waals surface area (Å²) in [5, 5.41) is 10.8. The fourth-order valence-electron chi connectivity index (χ4n) is 2.38. The molecule has 18 heavy (non-hydrogen) atoms. The van der Waals surface area contributed by atoms with E-state index in [0.717, 1.165) is 5.69 Å². The zero-order valence-electron chi connectivity index (χ0n) is 10.2. The van der Waals surface area contributed by atoms with Gasteiger partial charge < -0.3 is 10.0 Å². The SMILES string of the molecule is CN(Cc1cscn1)C(=O)[C@@H]1CC[C@H](C(=O)O)C1. The summed E-state index contributed by atoms with van der Waals surface area (Å²) < 4.78 is 0. The fraction of sp³-hybridized carbons (Fsp3) is 0.583. The van der Waals surface area contributed by atoms with Crippen LogP contribution in [0.15, 0.2) is 10.9 Å². The summed E-state index contributed by atoms with van der Waals surface area (Å²) in [5.74, 6) is -1.25. The number of carboxylic acid groups (broad SMARTS) is 1. The van der Waals surface area contributed by atoms with Crippen molar-refractivity contribution in [1.82, 2.24) is 9.88 Å². The second-order valence-corrected chi connectivity index (χ2v) is 5.44. The Hall–Kier alpha value is -1.43. The van der Waals surface area contributed by atoms with Crippen LogP contribution in [0.25, 0.3) is 0 Å². The summed E-state index contributed by atoms with van der Waals surface area (Å²) in [6, 6.07) is 0. The first kappa shape index (κ1) is 13.0. The number of carbonyl (C=O) groups is 2. The van der Waals surface area contributed by atoms with E-state index in [4.69, 9.17) is 5.11 Å². The van der Waals surface area contributed by atoms with Crippen molar-refractivity contribution in [2.75, 3.05) is 7.05 Å². The van der Waals surface area contributed by atoms with Gasteiger partial charge in [0, 0.05) is 18.3 Å². The lowest BCUT2D eigenvalue weighted by atomic mass is 10.0. The summed E-state index contributed by atoms with van der Waals surface area (Å²) in [6.07, 6.45) is 1.75. The van der Waals surface area contributed by atoms with E-state index in [1.54, 1.807) is 17.5 Å². The van der Waals surface area contributed by atoms with Gasteiger partial charge in [0.15, 0.2) is 0 Å². The Morgan fingerprint density at radius 2 is 2.22 bits per heavy atom. The molecule has 1 aromatic rings. The van der Waals surface area contributed by atoms with E-state index in [1.165, 1.54) is 11.3 Å². The van der Waals surface area contributed by atoms with Crippen LogP contribution < -0.4 is 0 Å². The van der Waals surface area contributed by atoms with Crippen LogP contribution >= 0.6 is 11.3 Å². The van der Waals surface area contributed by atoms with Crippen LogP contribution in [0.4, 0.5) is 0 Å². The first-order chi connectivity index (χ1) is 8.58. The maximum atomic E-state index is 12.1. The van der Waals surface area contributed by atoms with E-state index >= 15 is 0 Å². The number of aliphatic carboxylic acids is 1. The largest absolute Gasteiger partial charge is 0.481 e. The van der Waals surface area contributed by atoms with E-state index < -0.39 is 5.97 Å². The van der Waals surface area contributed by atoms with Gasteiger partial charge in [0.2, 0.25) is 5.91 Å². The number of carbonyl (C=O) groups excluding carboxylic acids is 1. The summed E-state index contributed by atoms with van der Waals surface area (Å²) in [5.41, 5.74) is 2.62. The Bertz CT molecular complexity index is 433. The Morgan fingerprint density at radius 1 is 1.50 bits per heavy atom. The monoisotopic (exact) mass is 268 g/mol. The van der Waals surface area contributed by atoms with Crippen molar-refractivity contribution in [2.24, 2.45) is 11.8 Å². The highest BCUT2D eigenvalue weighted by Crippen LogP contribution is 2.32. The molecule has 1 aliphatic rings. The number of rotatable bonds is 4. The minimum absolute atomic E-state index is 0.0340. The zero-order chi connectivity index (χ0) is 13.1. The third kappa shape index (κ3) is 2.87. The van der Waals surface area contributed by atoms with Gasteiger partial charge in [0.25, 0.3) is 0 Å². The maximum absolute atomic E-state index is 12.1. The molecule has 1 fully saturated rings. The molecule has 6 heteroatoms. The van der Waals surface area contributed by atoms with E-state index in [9.17, 15) is 9.59 Å². The molecule has 0 unspecified atom stereocenters.